The standard InChI is InChI=1S/C12H16N2O2S/c1-3-14(4-2)11(17)13-12(15)16-10-8-6-5-7-9-10/h5-9H,3-4H2,1-2H3,(H,13,15,17). The number of hydrogen-bond donors (Lipinski definition) is 1. The lowest BCUT2D eigenvalue weighted by molar-refractivity contribution is 0.205. The molecule has 0 atom stereocenters. The lowest BCUT2D eigenvalue weighted by atomic mass is 10.3. The predicted molar refractivity (Wildman–Crippen MR) is 71.1 cm³/mol. The Bertz CT molecular complexity index is 377. The summed E-state index contributed by atoms with van der Waals surface area (Å²) in [6.07, 6.45) is -0.562. The number of benzene rings is 1. The molecule has 5 heteroatoms. The third-order valence-electron chi connectivity index (χ3n) is 2.21. The zero-order valence-electron chi connectivity index (χ0n) is 9.97. The van der Waals surface area contributed by atoms with Gasteiger partial charge in [0.05, 0.1) is 0 Å². The number of ether oxygens (including phenoxy) is 1. The van der Waals surface area contributed by atoms with E-state index in [0.717, 1.165) is 13.1 Å². The summed E-state index contributed by atoms with van der Waals surface area (Å²) in [6.45, 7) is 5.45. The van der Waals surface area contributed by atoms with Crippen molar-refractivity contribution in [1.82, 2.24) is 10.2 Å². The number of rotatable bonds is 3. The van der Waals surface area contributed by atoms with Crippen LogP contribution in [0.3, 0.4) is 0 Å². The number of amides is 1. The number of nitrogens with zero attached hydrogens (tertiary/aromatic N) is 1. The second-order valence-corrected chi connectivity index (χ2v) is 3.69. The average molecular weight is 252 g/mol. The van der Waals surface area contributed by atoms with Crippen molar-refractivity contribution >= 4 is 23.4 Å². The smallest absolute Gasteiger partial charge is 0.410 e. The molecule has 0 unspecified atom stereocenters. The van der Waals surface area contributed by atoms with Crippen LogP contribution in [-0.2, 0) is 0 Å². The molecule has 1 rings (SSSR count). The average Bonchev–Trinajstić information content (AvgIpc) is 2.31. The van der Waals surface area contributed by atoms with Gasteiger partial charge in [-0.1, -0.05) is 18.2 Å². The molecular formula is C12H16N2O2S. The number of thiocarbonyl (C=S) groups is 1. The second kappa shape index (κ2) is 6.85. The molecule has 4 nitrogen and oxygen atoms in total. The first-order valence-electron chi connectivity index (χ1n) is 5.50. The molecular weight excluding hydrogens is 236 g/mol. The number of carbonyl (C=O) groups excluding carboxylic acids is 1. The van der Waals surface area contributed by atoms with Gasteiger partial charge in [0.2, 0.25) is 0 Å². The molecule has 0 radical (unpaired) electrons. The van der Waals surface area contributed by atoms with E-state index in [1.54, 1.807) is 24.3 Å². The SMILES string of the molecule is CCN(CC)C(=S)NC(=O)Oc1ccccc1. The van der Waals surface area contributed by atoms with Gasteiger partial charge < -0.3 is 9.64 Å². The van der Waals surface area contributed by atoms with Gasteiger partial charge in [-0.3, -0.25) is 5.32 Å². The molecule has 1 aromatic carbocycles. The monoisotopic (exact) mass is 252 g/mol. The molecule has 0 aliphatic carbocycles. The Labute approximate surface area is 107 Å². The Kier molecular flexibility index (Phi) is 5.42. The van der Waals surface area contributed by atoms with Gasteiger partial charge in [0, 0.05) is 13.1 Å². The Morgan fingerprint density at radius 1 is 1.29 bits per heavy atom. The summed E-state index contributed by atoms with van der Waals surface area (Å²) in [5.41, 5.74) is 0. The van der Waals surface area contributed by atoms with Crippen LogP contribution in [0.1, 0.15) is 13.8 Å². The van der Waals surface area contributed by atoms with Crippen LogP contribution in [-0.4, -0.2) is 29.2 Å². The highest BCUT2D eigenvalue weighted by atomic mass is 32.1. The lowest BCUT2D eigenvalue weighted by Crippen LogP contribution is -2.43. The van der Waals surface area contributed by atoms with Crippen molar-refractivity contribution in [1.29, 1.82) is 0 Å². The summed E-state index contributed by atoms with van der Waals surface area (Å²) in [7, 11) is 0. The normalized spacial score (nSPS) is 9.53. The van der Waals surface area contributed by atoms with E-state index < -0.39 is 6.09 Å². The van der Waals surface area contributed by atoms with Crippen molar-refractivity contribution < 1.29 is 9.53 Å². The van der Waals surface area contributed by atoms with E-state index in [1.165, 1.54) is 0 Å². The van der Waals surface area contributed by atoms with Gasteiger partial charge in [-0.2, -0.15) is 0 Å². The first kappa shape index (κ1) is 13.4. The molecule has 0 heterocycles. The van der Waals surface area contributed by atoms with E-state index in [2.05, 4.69) is 5.32 Å². The molecule has 1 aromatic rings. The van der Waals surface area contributed by atoms with E-state index in [-0.39, 0.29) is 0 Å². The van der Waals surface area contributed by atoms with Gasteiger partial charge in [-0.05, 0) is 38.2 Å². The summed E-state index contributed by atoms with van der Waals surface area (Å²) in [4.78, 5) is 13.4. The molecule has 17 heavy (non-hydrogen) atoms. The quantitative estimate of drug-likeness (QED) is 0.839. The van der Waals surface area contributed by atoms with Crippen LogP contribution in [0, 0.1) is 0 Å². The van der Waals surface area contributed by atoms with Gasteiger partial charge in [0.15, 0.2) is 5.11 Å². The van der Waals surface area contributed by atoms with Crippen LogP contribution >= 0.6 is 12.2 Å². The summed E-state index contributed by atoms with van der Waals surface area (Å²) in [5.74, 6) is 0.493. The maximum atomic E-state index is 11.5. The minimum atomic E-state index is -0.562. The molecule has 92 valence electrons. The Hall–Kier alpha value is -1.62. The molecule has 0 fully saturated rings. The highest BCUT2D eigenvalue weighted by molar-refractivity contribution is 7.80. The third kappa shape index (κ3) is 4.40. The van der Waals surface area contributed by atoms with Crippen LogP contribution < -0.4 is 10.1 Å². The minimum absolute atomic E-state index is 0.385. The fourth-order valence-corrected chi connectivity index (χ4v) is 1.64. The van der Waals surface area contributed by atoms with Crippen LogP contribution in [0.15, 0.2) is 30.3 Å². The van der Waals surface area contributed by atoms with Gasteiger partial charge in [-0.25, -0.2) is 4.79 Å². The number of carbonyl (C=O) groups is 1. The van der Waals surface area contributed by atoms with E-state index in [1.807, 2.05) is 24.8 Å². The zero-order valence-corrected chi connectivity index (χ0v) is 10.8. The highest BCUT2D eigenvalue weighted by Gasteiger charge is 2.10. The summed E-state index contributed by atoms with van der Waals surface area (Å²) in [5, 5.41) is 2.91. The molecule has 1 amide bonds. The summed E-state index contributed by atoms with van der Waals surface area (Å²) < 4.78 is 5.06. The summed E-state index contributed by atoms with van der Waals surface area (Å²) in [6, 6.07) is 8.86. The van der Waals surface area contributed by atoms with Crippen molar-refractivity contribution in [3.8, 4) is 5.75 Å². The topological polar surface area (TPSA) is 41.6 Å². The zero-order chi connectivity index (χ0) is 12.7. The number of para-hydroxylation sites is 1. The van der Waals surface area contributed by atoms with Gasteiger partial charge in [-0.15, -0.1) is 0 Å². The van der Waals surface area contributed by atoms with E-state index >= 15 is 0 Å². The molecule has 0 aromatic heterocycles. The molecule has 0 bridgehead atoms. The first-order chi connectivity index (χ1) is 8.17. The van der Waals surface area contributed by atoms with E-state index in [4.69, 9.17) is 17.0 Å². The largest absolute Gasteiger partial charge is 0.418 e. The van der Waals surface area contributed by atoms with Crippen molar-refractivity contribution in [3.05, 3.63) is 30.3 Å². The van der Waals surface area contributed by atoms with Crippen molar-refractivity contribution in [3.63, 3.8) is 0 Å². The molecule has 0 spiro atoms. The fourth-order valence-electron chi connectivity index (χ4n) is 1.30. The summed E-state index contributed by atoms with van der Waals surface area (Å²) >= 11 is 5.08. The molecule has 0 aliphatic heterocycles. The number of nitrogens with one attached hydrogen (secondary N) is 1. The van der Waals surface area contributed by atoms with Crippen molar-refractivity contribution in [2.24, 2.45) is 0 Å². The molecule has 0 aliphatic rings. The predicted octanol–water partition coefficient (Wildman–Crippen LogP) is 2.40. The second-order valence-electron chi connectivity index (χ2n) is 3.31. The minimum Gasteiger partial charge on any atom is -0.410 e. The Morgan fingerprint density at radius 3 is 2.41 bits per heavy atom. The first-order valence-corrected chi connectivity index (χ1v) is 5.91. The van der Waals surface area contributed by atoms with E-state index in [9.17, 15) is 4.79 Å². The molecule has 0 saturated heterocycles. The van der Waals surface area contributed by atoms with E-state index in [0.29, 0.717) is 10.9 Å². The van der Waals surface area contributed by atoms with Crippen molar-refractivity contribution in [2.75, 3.05) is 13.1 Å². The fraction of sp³-hybridized carbons (Fsp3) is 0.333. The Balaban J connectivity index is 2.47. The maximum Gasteiger partial charge on any atom is 0.418 e. The highest BCUT2D eigenvalue weighted by Crippen LogP contribution is 2.08. The van der Waals surface area contributed by atoms with Crippen LogP contribution in [0.2, 0.25) is 0 Å². The Morgan fingerprint density at radius 2 is 1.88 bits per heavy atom. The van der Waals surface area contributed by atoms with Crippen molar-refractivity contribution in [2.45, 2.75) is 13.8 Å². The molecule has 0 saturated carbocycles. The maximum absolute atomic E-state index is 11.5. The lowest BCUT2D eigenvalue weighted by Gasteiger charge is -2.21. The number of hydrogen-bond acceptors (Lipinski definition) is 3. The van der Waals surface area contributed by atoms with Gasteiger partial charge in [0.1, 0.15) is 5.75 Å². The van der Waals surface area contributed by atoms with Crippen LogP contribution in [0.4, 0.5) is 4.79 Å². The third-order valence-corrected chi connectivity index (χ3v) is 2.57. The van der Waals surface area contributed by atoms with Gasteiger partial charge >= 0.3 is 6.09 Å². The molecule has 1 N–H and O–H groups in total. The van der Waals surface area contributed by atoms with Gasteiger partial charge in [0.25, 0.3) is 0 Å². The van der Waals surface area contributed by atoms with Crippen LogP contribution in [0.5, 0.6) is 5.75 Å². The van der Waals surface area contributed by atoms with Crippen LogP contribution in [0.25, 0.3) is 0 Å².